The number of para-hydroxylation sites is 1. The maximum Gasteiger partial charge on any atom is 0.145 e. The molecular weight excluding hydrogens is 408 g/mol. The van der Waals surface area contributed by atoms with Crippen molar-refractivity contribution in [2.24, 2.45) is 0 Å². The molecule has 7 aromatic rings. The molecule has 0 atom stereocenters. The monoisotopic (exact) mass is 426 g/mol. The molecule has 4 aromatic carbocycles. The second kappa shape index (κ2) is 6.78. The van der Waals surface area contributed by atoms with Gasteiger partial charge in [0.2, 0.25) is 0 Å². The minimum absolute atomic E-state index is 0.973. The molecule has 32 heavy (non-hydrogen) atoms. The van der Waals surface area contributed by atoms with Gasteiger partial charge in [-0.05, 0) is 46.0 Å². The Kier molecular flexibility index (Phi) is 3.75. The quantitative estimate of drug-likeness (QED) is 0.272. The van der Waals surface area contributed by atoms with Gasteiger partial charge in [0, 0.05) is 32.6 Å². The maximum absolute atomic E-state index is 5.06. The van der Waals surface area contributed by atoms with E-state index < -0.39 is 0 Å². The second-order valence-electron chi connectivity index (χ2n) is 8.09. The first-order valence-electron chi connectivity index (χ1n) is 10.7. The number of benzene rings is 4. The molecular formula is C29H18N2S. The first-order valence-corrected chi connectivity index (χ1v) is 11.6. The van der Waals surface area contributed by atoms with E-state index in [1.165, 1.54) is 42.8 Å². The molecule has 3 aromatic heterocycles. The SMILES string of the molecule is c1ccc(-c2cnc(-n3c4ccccc4c4cc5sccc5cc43)c3ccccc23)cc1. The van der Waals surface area contributed by atoms with Crippen molar-refractivity contribution in [1.29, 1.82) is 0 Å². The summed E-state index contributed by atoms with van der Waals surface area (Å²) in [6.07, 6.45) is 2.02. The molecule has 0 spiro atoms. The summed E-state index contributed by atoms with van der Waals surface area (Å²) in [5.41, 5.74) is 4.73. The Morgan fingerprint density at radius 1 is 0.625 bits per heavy atom. The van der Waals surface area contributed by atoms with Gasteiger partial charge in [-0.3, -0.25) is 4.57 Å². The first-order chi connectivity index (χ1) is 15.9. The smallest absolute Gasteiger partial charge is 0.145 e. The molecule has 0 aliphatic rings. The van der Waals surface area contributed by atoms with Crippen LogP contribution in [0.4, 0.5) is 0 Å². The van der Waals surface area contributed by atoms with Crippen LogP contribution in [0.3, 0.4) is 0 Å². The number of aromatic nitrogens is 2. The zero-order valence-electron chi connectivity index (χ0n) is 17.2. The van der Waals surface area contributed by atoms with Crippen LogP contribution in [0.1, 0.15) is 0 Å². The largest absolute Gasteiger partial charge is 0.293 e. The third-order valence-electron chi connectivity index (χ3n) is 6.32. The fourth-order valence-corrected chi connectivity index (χ4v) is 5.67. The summed E-state index contributed by atoms with van der Waals surface area (Å²) in [6.45, 7) is 0. The van der Waals surface area contributed by atoms with Crippen molar-refractivity contribution in [3.8, 4) is 16.9 Å². The highest BCUT2D eigenvalue weighted by Crippen LogP contribution is 2.38. The Balaban J connectivity index is 1.62. The van der Waals surface area contributed by atoms with Crippen LogP contribution in [0, 0.1) is 0 Å². The second-order valence-corrected chi connectivity index (χ2v) is 9.04. The molecule has 150 valence electrons. The van der Waals surface area contributed by atoms with Crippen LogP contribution in [0.25, 0.3) is 59.6 Å². The lowest BCUT2D eigenvalue weighted by molar-refractivity contribution is 1.10. The highest BCUT2D eigenvalue weighted by atomic mass is 32.1. The number of rotatable bonds is 2. The normalized spacial score (nSPS) is 11.8. The van der Waals surface area contributed by atoms with E-state index in [0.29, 0.717) is 0 Å². The molecule has 0 bridgehead atoms. The van der Waals surface area contributed by atoms with E-state index in [2.05, 4.69) is 107 Å². The number of thiophene rings is 1. The molecule has 2 nitrogen and oxygen atoms in total. The number of nitrogens with zero attached hydrogens (tertiary/aromatic N) is 2. The zero-order chi connectivity index (χ0) is 21.1. The van der Waals surface area contributed by atoms with Crippen molar-refractivity contribution in [2.45, 2.75) is 0 Å². The third-order valence-corrected chi connectivity index (χ3v) is 7.20. The Morgan fingerprint density at radius 3 is 2.25 bits per heavy atom. The van der Waals surface area contributed by atoms with Crippen LogP contribution in [0.15, 0.2) is 109 Å². The van der Waals surface area contributed by atoms with Crippen molar-refractivity contribution < 1.29 is 0 Å². The van der Waals surface area contributed by atoms with E-state index in [1.54, 1.807) is 11.3 Å². The summed E-state index contributed by atoms with van der Waals surface area (Å²) in [6, 6.07) is 34.6. The van der Waals surface area contributed by atoms with Gasteiger partial charge in [0.15, 0.2) is 0 Å². The Hall–Kier alpha value is -3.95. The molecule has 0 amide bonds. The van der Waals surface area contributed by atoms with E-state index in [4.69, 9.17) is 4.98 Å². The van der Waals surface area contributed by atoms with Crippen molar-refractivity contribution in [3.63, 3.8) is 0 Å². The summed E-state index contributed by atoms with van der Waals surface area (Å²) in [5.74, 6) is 0.973. The number of pyridine rings is 1. The van der Waals surface area contributed by atoms with Crippen molar-refractivity contribution >= 4 is 54.0 Å². The molecule has 3 heterocycles. The van der Waals surface area contributed by atoms with Crippen molar-refractivity contribution in [1.82, 2.24) is 9.55 Å². The van der Waals surface area contributed by atoms with Gasteiger partial charge in [-0.25, -0.2) is 4.98 Å². The van der Waals surface area contributed by atoms with Gasteiger partial charge in [-0.15, -0.1) is 11.3 Å². The van der Waals surface area contributed by atoms with E-state index in [9.17, 15) is 0 Å². The van der Waals surface area contributed by atoms with E-state index in [-0.39, 0.29) is 0 Å². The van der Waals surface area contributed by atoms with E-state index in [0.717, 1.165) is 16.8 Å². The van der Waals surface area contributed by atoms with Crippen LogP contribution >= 0.6 is 11.3 Å². The molecule has 7 rings (SSSR count). The van der Waals surface area contributed by atoms with Gasteiger partial charge in [0.1, 0.15) is 5.82 Å². The molecule has 3 heteroatoms. The van der Waals surface area contributed by atoms with Gasteiger partial charge in [0.25, 0.3) is 0 Å². The molecule has 0 unspecified atom stereocenters. The van der Waals surface area contributed by atoms with Gasteiger partial charge >= 0.3 is 0 Å². The summed E-state index contributed by atoms with van der Waals surface area (Å²) < 4.78 is 3.65. The maximum atomic E-state index is 5.06. The van der Waals surface area contributed by atoms with Crippen molar-refractivity contribution in [2.75, 3.05) is 0 Å². The fraction of sp³-hybridized carbons (Fsp3) is 0. The Labute approximate surface area is 189 Å². The molecule has 0 aliphatic carbocycles. The van der Waals surface area contributed by atoms with Crippen LogP contribution in [0.5, 0.6) is 0 Å². The standard InChI is InChI=1S/C29H18N2S/c1-2-8-19(9-3-1)25-18-30-29(23-12-5-4-10-21(23)25)31-26-13-7-6-11-22(26)24-17-28-20(14-15-32-28)16-27(24)31/h1-18H. The van der Waals surface area contributed by atoms with E-state index in [1.807, 2.05) is 6.20 Å². The molecule has 0 saturated heterocycles. The predicted octanol–water partition coefficient (Wildman–Crippen LogP) is 8.21. The number of hydrogen-bond acceptors (Lipinski definition) is 2. The number of hydrogen-bond donors (Lipinski definition) is 0. The molecule has 0 N–H and O–H groups in total. The Bertz CT molecular complexity index is 1770. The molecule has 0 aliphatic heterocycles. The zero-order valence-corrected chi connectivity index (χ0v) is 18.0. The lowest BCUT2D eigenvalue weighted by atomic mass is 10.0. The Morgan fingerprint density at radius 2 is 1.38 bits per heavy atom. The average Bonchev–Trinajstić information content (AvgIpc) is 3.44. The molecule has 0 fully saturated rings. The lowest BCUT2D eigenvalue weighted by Gasteiger charge is -2.13. The highest BCUT2D eigenvalue weighted by molar-refractivity contribution is 7.17. The van der Waals surface area contributed by atoms with Crippen LogP contribution < -0.4 is 0 Å². The number of fused-ring (bicyclic) bond motifs is 5. The highest BCUT2D eigenvalue weighted by Gasteiger charge is 2.17. The van der Waals surface area contributed by atoms with E-state index >= 15 is 0 Å². The van der Waals surface area contributed by atoms with Gasteiger partial charge in [0.05, 0.1) is 11.0 Å². The average molecular weight is 427 g/mol. The van der Waals surface area contributed by atoms with Gasteiger partial charge in [-0.1, -0.05) is 72.8 Å². The van der Waals surface area contributed by atoms with Crippen molar-refractivity contribution in [3.05, 3.63) is 109 Å². The molecule has 0 saturated carbocycles. The topological polar surface area (TPSA) is 17.8 Å². The van der Waals surface area contributed by atoms with Gasteiger partial charge < -0.3 is 0 Å². The van der Waals surface area contributed by atoms with Crippen LogP contribution in [-0.2, 0) is 0 Å². The molecule has 0 radical (unpaired) electrons. The first kappa shape index (κ1) is 17.7. The lowest BCUT2D eigenvalue weighted by Crippen LogP contribution is -1.99. The summed E-state index contributed by atoms with van der Waals surface area (Å²) >= 11 is 1.79. The van der Waals surface area contributed by atoms with Crippen LogP contribution in [-0.4, -0.2) is 9.55 Å². The summed E-state index contributed by atoms with van der Waals surface area (Å²) in [7, 11) is 0. The summed E-state index contributed by atoms with van der Waals surface area (Å²) in [4.78, 5) is 5.06. The van der Waals surface area contributed by atoms with Crippen LogP contribution in [0.2, 0.25) is 0 Å². The minimum atomic E-state index is 0.973. The van der Waals surface area contributed by atoms with Gasteiger partial charge in [-0.2, -0.15) is 0 Å². The predicted molar refractivity (Wildman–Crippen MR) is 137 cm³/mol. The minimum Gasteiger partial charge on any atom is -0.293 e. The third kappa shape index (κ3) is 2.49. The fourth-order valence-electron chi connectivity index (χ4n) is 4.86. The summed E-state index contributed by atoms with van der Waals surface area (Å²) in [5, 5.41) is 8.34.